The van der Waals surface area contributed by atoms with Crippen LogP contribution in [0, 0.1) is 0 Å². The van der Waals surface area contributed by atoms with Crippen molar-refractivity contribution < 1.29 is 34.1 Å². The van der Waals surface area contributed by atoms with Gasteiger partial charge in [0.2, 0.25) is 0 Å². The summed E-state index contributed by atoms with van der Waals surface area (Å²) in [5.74, 6) is -2.85. The van der Waals surface area contributed by atoms with Gasteiger partial charge in [-0.1, -0.05) is 35.3 Å². The molecule has 0 unspecified atom stereocenters. The lowest BCUT2D eigenvalue weighted by molar-refractivity contribution is -0.140. The van der Waals surface area contributed by atoms with E-state index in [0.717, 1.165) is 0 Å². The predicted octanol–water partition coefficient (Wildman–Crippen LogP) is 4.39. The third-order valence-electron chi connectivity index (χ3n) is 4.07. The van der Waals surface area contributed by atoms with Crippen LogP contribution in [0.25, 0.3) is 6.08 Å². The van der Waals surface area contributed by atoms with Crippen LogP contribution in [-0.4, -0.2) is 44.7 Å². The lowest BCUT2D eigenvalue weighted by Gasteiger charge is -2.11. The van der Waals surface area contributed by atoms with E-state index in [9.17, 15) is 19.2 Å². The van der Waals surface area contributed by atoms with Gasteiger partial charge in [0.1, 0.15) is 13.2 Å². The molecule has 0 spiro atoms. The molecule has 2 N–H and O–H groups in total. The summed E-state index contributed by atoms with van der Waals surface area (Å²) >= 11 is 13.1. The van der Waals surface area contributed by atoms with Crippen LogP contribution in [-0.2, 0) is 16.2 Å². The molecule has 8 nitrogen and oxygen atoms in total. The maximum atomic E-state index is 12.2. The van der Waals surface area contributed by atoms with Crippen molar-refractivity contribution in [1.29, 1.82) is 0 Å². The van der Waals surface area contributed by atoms with Gasteiger partial charge in [0.15, 0.2) is 5.75 Å². The second-order valence-electron chi connectivity index (χ2n) is 6.27. The Bertz CT molecular complexity index is 1090. The van der Waals surface area contributed by atoms with Gasteiger partial charge in [-0.2, -0.15) is 0 Å². The number of amides is 2. The quantitative estimate of drug-likeness (QED) is 0.558. The minimum Gasteiger partial charge on any atom is -0.486 e. The fourth-order valence-corrected chi connectivity index (χ4v) is 4.07. The maximum Gasteiger partial charge on any atom is 0.335 e. The number of aromatic carboxylic acids is 1. The van der Waals surface area contributed by atoms with Crippen LogP contribution >= 0.6 is 35.0 Å². The first-order chi connectivity index (χ1) is 14.7. The minimum absolute atomic E-state index is 0.0468. The predicted molar refractivity (Wildman–Crippen MR) is 115 cm³/mol. The van der Waals surface area contributed by atoms with E-state index in [4.69, 9.17) is 38.2 Å². The Balaban J connectivity index is 1.75. The number of hydrogen-bond donors (Lipinski definition) is 2. The van der Waals surface area contributed by atoms with E-state index in [1.807, 2.05) is 0 Å². The molecule has 0 radical (unpaired) electrons. The molecular formula is C20H13Cl2NO7S. The van der Waals surface area contributed by atoms with Crippen molar-refractivity contribution in [1.82, 2.24) is 4.90 Å². The summed E-state index contributed by atoms with van der Waals surface area (Å²) in [7, 11) is 0. The monoisotopic (exact) mass is 481 g/mol. The highest BCUT2D eigenvalue weighted by Gasteiger charge is 2.36. The van der Waals surface area contributed by atoms with Crippen molar-refractivity contribution in [2.75, 3.05) is 6.54 Å². The Kier molecular flexibility index (Phi) is 6.89. The molecular weight excluding hydrogens is 469 g/mol. The van der Waals surface area contributed by atoms with Crippen molar-refractivity contribution in [3.8, 4) is 5.75 Å². The van der Waals surface area contributed by atoms with Crippen LogP contribution in [0.1, 0.15) is 21.5 Å². The van der Waals surface area contributed by atoms with E-state index < -0.39 is 29.6 Å². The number of imide groups is 1. The van der Waals surface area contributed by atoms with Crippen molar-refractivity contribution in [3.63, 3.8) is 0 Å². The third kappa shape index (κ3) is 5.38. The van der Waals surface area contributed by atoms with Crippen molar-refractivity contribution in [3.05, 3.63) is 68.0 Å². The van der Waals surface area contributed by atoms with Gasteiger partial charge >= 0.3 is 11.9 Å². The number of ether oxygens (including phenoxy) is 1. The van der Waals surface area contributed by atoms with Gasteiger partial charge in [0, 0.05) is 0 Å². The molecule has 0 bridgehead atoms. The average Bonchev–Trinajstić information content (AvgIpc) is 2.94. The van der Waals surface area contributed by atoms with Crippen LogP contribution in [0.3, 0.4) is 0 Å². The number of carboxylic acid groups (broad SMARTS) is 2. The molecule has 1 heterocycles. The topological polar surface area (TPSA) is 121 Å². The van der Waals surface area contributed by atoms with E-state index in [1.165, 1.54) is 30.3 Å². The van der Waals surface area contributed by atoms with Crippen LogP contribution in [0.2, 0.25) is 10.0 Å². The highest BCUT2D eigenvalue weighted by molar-refractivity contribution is 8.18. The molecule has 1 aliphatic rings. The number of hydrogen-bond acceptors (Lipinski definition) is 6. The SMILES string of the molecule is O=C(O)CN1C(=O)S/C(=C/c2cc(Cl)c(OCc3ccc(C(=O)O)cc3)c(Cl)c2)C1=O. The van der Waals surface area contributed by atoms with E-state index in [2.05, 4.69) is 0 Å². The summed E-state index contributed by atoms with van der Waals surface area (Å²) in [6.45, 7) is -0.628. The minimum atomic E-state index is -1.30. The summed E-state index contributed by atoms with van der Waals surface area (Å²) in [6, 6.07) is 9.08. The van der Waals surface area contributed by atoms with Crippen molar-refractivity contribution >= 4 is 64.1 Å². The lowest BCUT2D eigenvalue weighted by atomic mass is 10.1. The van der Waals surface area contributed by atoms with Crippen LogP contribution < -0.4 is 4.74 Å². The molecule has 3 rings (SSSR count). The zero-order chi connectivity index (χ0) is 22.7. The molecule has 0 saturated carbocycles. The molecule has 31 heavy (non-hydrogen) atoms. The molecule has 160 valence electrons. The lowest BCUT2D eigenvalue weighted by Crippen LogP contribution is -2.33. The zero-order valence-corrected chi connectivity index (χ0v) is 17.8. The molecule has 0 aliphatic carbocycles. The Morgan fingerprint density at radius 3 is 2.23 bits per heavy atom. The van der Waals surface area contributed by atoms with Crippen molar-refractivity contribution in [2.45, 2.75) is 6.61 Å². The molecule has 1 fully saturated rings. The Hall–Kier alpha value is -3.01. The number of halogens is 2. The van der Waals surface area contributed by atoms with Gasteiger partial charge in [0.05, 0.1) is 20.5 Å². The highest BCUT2D eigenvalue weighted by Crippen LogP contribution is 2.37. The second kappa shape index (κ2) is 9.42. The largest absolute Gasteiger partial charge is 0.486 e. The number of carbonyl (C=O) groups excluding carboxylic acids is 2. The van der Waals surface area contributed by atoms with Crippen LogP contribution in [0.15, 0.2) is 41.3 Å². The van der Waals surface area contributed by atoms with E-state index >= 15 is 0 Å². The third-order valence-corrected chi connectivity index (χ3v) is 5.54. The number of carboxylic acids is 2. The fourth-order valence-electron chi connectivity index (χ4n) is 2.62. The van der Waals surface area contributed by atoms with E-state index in [1.54, 1.807) is 12.1 Å². The Morgan fingerprint density at radius 1 is 1.06 bits per heavy atom. The molecule has 2 amide bonds. The number of benzene rings is 2. The fraction of sp³-hybridized carbons (Fsp3) is 0.100. The normalized spacial score (nSPS) is 14.9. The van der Waals surface area contributed by atoms with Crippen molar-refractivity contribution in [2.24, 2.45) is 0 Å². The highest BCUT2D eigenvalue weighted by atomic mass is 35.5. The molecule has 0 aromatic heterocycles. The van der Waals surface area contributed by atoms with Crippen LogP contribution in [0.5, 0.6) is 5.75 Å². The van der Waals surface area contributed by atoms with Crippen LogP contribution in [0.4, 0.5) is 4.79 Å². The first-order valence-corrected chi connectivity index (χ1v) is 10.1. The summed E-state index contributed by atoms with van der Waals surface area (Å²) in [4.78, 5) is 46.5. The number of carbonyl (C=O) groups is 4. The number of thioether (sulfide) groups is 1. The van der Waals surface area contributed by atoms with E-state index in [0.29, 0.717) is 27.8 Å². The van der Waals surface area contributed by atoms with Gasteiger partial charge in [-0.05, 0) is 53.2 Å². The van der Waals surface area contributed by atoms with Gasteiger partial charge in [-0.3, -0.25) is 19.3 Å². The average molecular weight is 482 g/mol. The van der Waals surface area contributed by atoms with Gasteiger partial charge in [-0.25, -0.2) is 4.79 Å². The molecule has 1 aliphatic heterocycles. The Labute approximate surface area is 190 Å². The van der Waals surface area contributed by atoms with Gasteiger partial charge in [-0.15, -0.1) is 0 Å². The summed E-state index contributed by atoms with van der Waals surface area (Å²) in [5, 5.41) is 17.4. The first-order valence-electron chi connectivity index (χ1n) is 8.57. The molecule has 1 saturated heterocycles. The molecule has 11 heteroatoms. The van der Waals surface area contributed by atoms with E-state index in [-0.39, 0.29) is 32.9 Å². The summed E-state index contributed by atoms with van der Waals surface area (Å²) in [5.41, 5.74) is 1.28. The molecule has 2 aromatic rings. The first kappa shape index (κ1) is 22.7. The van der Waals surface area contributed by atoms with Gasteiger partial charge in [0.25, 0.3) is 11.1 Å². The standard InChI is InChI=1S/C20H13Cl2NO7S/c21-13-5-11(7-15-18(26)23(8-16(24)25)20(29)31-15)6-14(22)17(13)30-9-10-1-3-12(4-2-10)19(27)28/h1-7H,8-9H2,(H,24,25)(H,27,28)/b15-7+. The second-order valence-corrected chi connectivity index (χ2v) is 8.07. The number of nitrogens with zero attached hydrogens (tertiary/aromatic N) is 1. The molecule has 2 aromatic carbocycles. The zero-order valence-electron chi connectivity index (χ0n) is 15.5. The van der Waals surface area contributed by atoms with Gasteiger partial charge < -0.3 is 14.9 Å². The molecule has 0 atom stereocenters. The smallest absolute Gasteiger partial charge is 0.335 e. The number of aliphatic carboxylic acids is 1. The Morgan fingerprint density at radius 2 is 1.68 bits per heavy atom. The summed E-state index contributed by atoms with van der Waals surface area (Å²) in [6.07, 6.45) is 1.39. The maximum absolute atomic E-state index is 12.2. The summed E-state index contributed by atoms with van der Waals surface area (Å²) < 4.78 is 5.65. The number of rotatable bonds is 7.